The van der Waals surface area contributed by atoms with Crippen LogP contribution in [0.4, 0.5) is 4.39 Å². The average Bonchev–Trinajstić information content (AvgIpc) is 3.04. The number of hydrogen-bond acceptors (Lipinski definition) is 3. The van der Waals surface area contributed by atoms with Crippen LogP contribution >= 0.6 is 0 Å². The number of aromatic nitrogens is 1. The molecule has 2 heterocycles. The van der Waals surface area contributed by atoms with Crippen LogP contribution in [-0.2, 0) is 13.1 Å². The van der Waals surface area contributed by atoms with Gasteiger partial charge in [0.15, 0.2) is 11.5 Å². The lowest BCUT2D eigenvalue weighted by Crippen LogP contribution is -2.29. The zero-order valence-electron chi connectivity index (χ0n) is 15.3. The molecule has 1 aliphatic heterocycles. The molecule has 0 aliphatic carbocycles. The number of aromatic hydroxyl groups is 1. The summed E-state index contributed by atoms with van der Waals surface area (Å²) in [4.78, 5) is 2.36. The van der Waals surface area contributed by atoms with Crippen molar-refractivity contribution in [2.24, 2.45) is 0 Å². The van der Waals surface area contributed by atoms with Crippen molar-refractivity contribution >= 4 is 0 Å². The first-order valence-corrected chi connectivity index (χ1v) is 9.16. The van der Waals surface area contributed by atoms with Crippen molar-refractivity contribution in [3.8, 4) is 11.5 Å². The number of fused-ring (bicyclic) bond motifs is 1. The SMILES string of the molecule is COc1cc(CN2CCCn3cccc3C2c2cccc(F)c2)ccc1O. The molecule has 140 valence electrons. The molecule has 3 aromatic rings. The van der Waals surface area contributed by atoms with Gasteiger partial charge < -0.3 is 14.4 Å². The second-order valence-electron chi connectivity index (χ2n) is 6.91. The standard InChI is InChI=1S/C22H23FN2O2/c1-27-21-13-16(8-9-20(21)26)15-25-12-4-11-24-10-3-7-19(24)22(25)17-5-2-6-18(23)14-17/h2-3,5-10,13-14,22,26H,4,11-12,15H2,1H3. The maximum atomic E-state index is 14.0. The van der Waals surface area contributed by atoms with Crippen LogP contribution in [0.15, 0.2) is 60.8 Å². The van der Waals surface area contributed by atoms with E-state index < -0.39 is 0 Å². The number of aryl methyl sites for hydroxylation is 1. The number of methoxy groups -OCH3 is 1. The highest BCUT2D eigenvalue weighted by Crippen LogP contribution is 2.34. The Morgan fingerprint density at radius 1 is 1.11 bits per heavy atom. The fraction of sp³-hybridized carbons (Fsp3) is 0.273. The van der Waals surface area contributed by atoms with Crippen molar-refractivity contribution in [3.63, 3.8) is 0 Å². The number of ether oxygens (including phenoxy) is 1. The number of phenols is 1. The van der Waals surface area contributed by atoms with Crippen molar-refractivity contribution in [2.75, 3.05) is 13.7 Å². The Balaban J connectivity index is 1.73. The number of nitrogens with zero attached hydrogens (tertiary/aromatic N) is 2. The molecule has 1 N–H and O–H groups in total. The van der Waals surface area contributed by atoms with Gasteiger partial charge in [0.05, 0.1) is 13.2 Å². The van der Waals surface area contributed by atoms with Crippen LogP contribution in [0, 0.1) is 5.82 Å². The van der Waals surface area contributed by atoms with E-state index in [1.54, 1.807) is 25.3 Å². The minimum atomic E-state index is -0.221. The van der Waals surface area contributed by atoms with Gasteiger partial charge in [0.1, 0.15) is 5.82 Å². The lowest BCUT2D eigenvalue weighted by Gasteiger charge is -2.31. The molecular weight excluding hydrogens is 343 g/mol. The Hall–Kier alpha value is -2.79. The van der Waals surface area contributed by atoms with Gasteiger partial charge >= 0.3 is 0 Å². The first-order chi connectivity index (χ1) is 13.2. The lowest BCUT2D eigenvalue weighted by atomic mass is 10.0. The predicted molar refractivity (Wildman–Crippen MR) is 102 cm³/mol. The van der Waals surface area contributed by atoms with E-state index in [9.17, 15) is 9.50 Å². The Labute approximate surface area is 158 Å². The summed E-state index contributed by atoms with van der Waals surface area (Å²) in [5.74, 6) is 0.377. The van der Waals surface area contributed by atoms with E-state index in [1.807, 2.05) is 18.2 Å². The molecule has 0 amide bonds. The van der Waals surface area contributed by atoms with Gasteiger partial charge in [-0.2, -0.15) is 0 Å². The second kappa shape index (κ2) is 7.45. The highest BCUT2D eigenvalue weighted by Gasteiger charge is 2.27. The van der Waals surface area contributed by atoms with Crippen LogP contribution in [0.3, 0.4) is 0 Å². The van der Waals surface area contributed by atoms with Crippen LogP contribution in [-0.4, -0.2) is 28.2 Å². The van der Waals surface area contributed by atoms with E-state index in [0.29, 0.717) is 12.3 Å². The summed E-state index contributed by atoms with van der Waals surface area (Å²) < 4.78 is 21.5. The van der Waals surface area contributed by atoms with Gasteiger partial charge in [0.25, 0.3) is 0 Å². The van der Waals surface area contributed by atoms with E-state index in [4.69, 9.17) is 4.74 Å². The minimum Gasteiger partial charge on any atom is -0.504 e. The Morgan fingerprint density at radius 3 is 2.81 bits per heavy atom. The van der Waals surface area contributed by atoms with Gasteiger partial charge in [-0.05, 0) is 53.9 Å². The van der Waals surface area contributed by atoms with Gasteiger partial charge in [-0.3, -0.25) is 4.90 Å². The van der Waals surface area contributed by atoms with Crippen molar-refractivity contribution in [1.82, 2.24) is 9.47 Å². The summed E-state index contributed by atoms with van der Waals surface area (Å²) in [5.41, 5.74) is 3.16. The number of phenolic OH excluding ortho intramolecular Hbond substituents is 1. The summed E-state index contributed by atoms with van der Waals surface area (Å²) in [6.07, 6.45) is 3.11. The first-order valence-electron chi connectivity index (χ1n) is 9.16. The molecule has 1 aromatic heterocycles. The number of rotatable bonds is 4. The van der Waals surface area contributed by atoms with E-state index in [2.05, 4.69) is 27.8 Å². The molecule has 1 aliphatic rings. The minimum absolute atomic E-state index is 0.0296. The van der Waals surface area contributed by atoms with Crippen LogP contribution in [0.2, 0.25) is 0 Å². The fourth-order valence-corrected chi connectivity index (χ4v) is 3.92. The molecule has 5 heteroatoms. The van der Waals surface area contributed by atoms with E-state index in [0.717, 1.165) is 30.6 Å². The third-order valence-corrected chi connectivity index (χ3v) is 5.15. The topological polar surface area (TPSA) is 37.6 Å². The molecule has 0 radical (unpaired) electrons. The normalized spacial score (nSPS) is 17.3. The molecule has 27 heavy (non-hydrogen) atoms. The summed E-state index contributed by atoms with van der Waals surface area (Å²) in [5, 5.41) is 9.87. The monoisotopic (exact) mass is 366 g/mol. The summed E-state index contributed by atoms with van der Waals surface area (Å²) in [7, 11) is 1.55. The number of hydrogen-bond donors (Lipinski definition) is 1. The quantitative estimate of drug-likeness (QED) is 0.747. The number of benzene rings is 2. The van der Waals surface area contributed by atoms with Gasteiger partial charge in [-0.1, -0.05) is 18.2 Å². The molecule has 2 aromatic carbocycles. The zero-order chi connectivity index (χ0) is 18.8. The van der Waals surface area contributed by atoms with Crippen molar-refractivity contribution in [3.05, 3.63) is 83.4 Å². The maximum absolute atomic E-state index is 14.0. The zero-order valence-corrected chi connectivity index (χ0v) is 15.3. The Morgan fingerprint density at radius 2 is 2.00 bits per heavy atom. The summed E-state index contributed by atoms with van der Waals surface area (Å²) in [6.45, 7) is 2.53. The van der Waals surface area contributed by atoms with Crippen molar-refractivity contribution in [1.29, 1.82) is 0 Å². The van der Waals surface area contributed by atoms with Gasteiger partial charge in [0, 0.05) is 31.5 Å². The fourth-order valence-electron chi connectivity index (χ4n) is 3.92. The van der Waals surface area contributed by atoms with Crippen molar-refractivity contribution < 1.29 is 14.2 Å². The third kappa shape index (κ3) is 3.55. The highest BCUT2D eigenvalue weighted by molar-refractivity contribution is 5.42. The molecule has 1 atom stereocenters. The molecule has 0 bridgehead atoms. The lowest BCUT2D eigenvalue weighted by molar-refractivity contribution is 0.219. The molecular formula is C22H23FN2O2. The van der Waals surface area contributed by atoms with Crippen LogP contribution in [0.5, 0.6) is 11.5 Å². The summed E-state index contributed by atoms with van der Waals surface area (Å²) >= 11 is 0. The first kappa shape index (κ1) is 17.6. The smallest absolute Gasteiger partial charge is 0.160 e. The largest absolute Gasteiger partial charge is 0.504 e. The summed E-state index contributed by atoms with van der Waals surface area (Å²) in [6, 6.07) is 16.4. The molecule has 0 saturated heterocycles. The van der Waals surface area contributed by atoms with Gasteiger partial charge in [0.2, 0.25) is 0 Å². The van der Waals surface area contributed by atoms with Gasteiger partial charge in [-0.25, -0.2) is 4.39 Å². The van der Waals surface area contributed by atoms with Crippen molar-refractivity contribution in [2.45, 2.75) is 25.6 Å². The van der Waals surface area contributed by atoms with E-state index >= 15 is 0 Å². The highest BCUT2D eigenvalue weighted by atomic mass is 19.1. The van der Waals surface area contributed by atoms with Crippen LogP contribution in [0.1, 0.15) is 29.3 Å². The maximum Gasteiger partial charge on any atom is 0.160 e. The average molecular weight is 366 g/mol. The molecule has 0 fully saturated rings. The Kier molecular flexibility index (Phi) is 4.86. The van der Waals surface area contributed by atoms with E-state index in [-0.39, 0.29) is 17.6 Å². The molecule has 4 nitrogen and oxygen atoms in total. The van der Waals surface area contributed by atoms with Crippen LogP contribution in [0.25, 0.3) is 0 Å². The van der Waals surface area contributed by atoms with Gasteiger partial charge in [-0.15, -0.1) is 0 Å². The molecule has 0 saturated carbocycles. The predicted octanol–water partition coefficient (Wildman–Crippen LogP) is 4.34. The molecule has 0 spiro atoms. The second-order valence-corrected chi connectivity index (χ2v) is 6.91. The van der Waals surface area contributed by atoms with E-state index in [1.165, 1.54) is 11.8 Å². The molecule has 4 rings (SSSR count). The van der Waals surface area contributed by atoms with Crippen LogP contribution < -0.4 is 4.74 Å². The number of halogens is 1. The Bertz CT molecular complexity index is 938. The molecule has 1 unspecified atom stereocenters. The third-order valence-electron chi connectivity index (χ3n) is 5.15.